The zero-order valence-corrected chi connectivity index (χ0v) is 10.6. The Balaban J connectivity index is 2.33. The van der Waals surface area contributed by atoms with Crippen LogP contribution in [0.5, 0.6) is 0 Å². The molecule has 92 valence electrons. The number of ether oxygens (including phenoxy) is 1. The lowest BCUT2D eigenvalue weighted by atomic mass is 10.2. The summed E-state index contributed by atoms with van der Waals surface area (Å²) < 4.78 is 7.03. The lowest BCUT2D eigenvalue weighted by Gasteiger charge is -2.08. The van der Waals surface area contributed by atoms with Crippen LogP contribution in [-0.2, 0) is 11.3 Å². The Morgan fingerprint density at radius 3 is 3.00 bits per heavy atom. The fourth-order valence-electron chi connectivity index (χ4n) is 1.67. The normalized spacial score (nSPS) is 12.9. The van der Waals surface area contributed by atoms with Gasteiger partial charge in [0.25, 0.3) is 0 Å². The lowest BCUT2D eigenvalue weighted by molar-refractivity contribution is 0.191. The third-order valence-corrected chi connectivity index (χ3v) is 2.65. The minimum Gasteiger partial charge on any atom is -0.385 e. The molecule has 0 spiro atoms. The average molecular weight is 225 g/mol. The summed E-state index contributed by atoms with van der Waals surface area (Å²) in [6.07, 6.45) is 6.28. The minimum absolute atomic E-state index is 0.387. The molecule has 0 bridgehead atoms. The Bertz CT molecular complexity index is 286. The smallest absolute Gasteiger partial charge is 0.0537 e. The molecule has 1 atom stereocenters. The number of aryl methyl sites for hydroxylation is 1. The van der Waals surface area contributed by atoms with Crippen molar-refractivity contribution in [3.8, 4) is 0 Å². The van der Waals surface area contributed by atoms with Gasteiger partial charge in [0.2, 0.25) is 0 Å². The molecule has 0 aromatic carbocycles. The predicted molar refractivity (Wildman–Crippen MR) is 65.4 cm³/mol. The van der Waals surface area contributed by atoms with Crippen molar-refractivity contribution in [1.82, 2.24) is 15.1 Å². The molecule has 0 aliphatic carbocycles. The van der Waals surface area contributed by atoms with Gasteiger partial charge in [0.1, 0.15) is 0 Å². The largest absolute Gasteiger partial charge is 0.385 e. The van der Waals surface area contributed by atoms with Crippen LogP contribution in [0, 0.1) is 0 Å². The second-order valence-electron chi connectivity index (χ2n) is 4.02. The van der Waals surface area contributed by atoms with E-state index in [1.54, 1.807) is 7.11 Å². The molecule has 1 unspecified atom stereocenters. The molecule has 0 fully saturated rings. The van der Waals surface area contributed by atoms with Gasteiger partial charge in [0.15, 0.2) is 0 Å². The van der Waals surface area contributed by atoms with E-state index >= 15 is 0 Å². The average Bonchev–Trinajstić information content (AvgIpc) is 2.73. The molecule has 1 rings (SSSR count). The molecule has 0 radical (unpaired) electrons. The van der Waals surface area contributed by atoms with Crippen LogP contribution in [0.1, 0.15) is 38.3 Å². The van der Waals surface area contributed by atoms with Gasteiger partial charge in [-0.1, -0.05) is 6.92 Å². The summed E-state index contributed by atoms with van der Waals surface area (Å²) >= 11 is 0. The van der Waals surface area contributed by atoms with Crippen LogP contribution < -0.4 is 5.32 Å². The van der Waals surface area contributed by atoms with Crippen LogP contribution in [-0.4, -0.2) is 30.0 Å². The summed E-state index contributed by atoms with van der Waals surface area (Å²) in [5.41, 5.74) is 1.26. The van der Waals surface area contributed by atoms with Crippen LogP contribution in [0.3, 0.4) is 0 Å². The standard InChI is InChI=1S/C12H23N3O/c1-4-13-11(2)12-9-14-15(10-12)7-5-6-8-16-3/h9-11,13H,4-8H2,1-3H3. The third-order valence-electron chi connectivity index (χ3n) is 2.65. The van der Waals surface area contributed by atoms with Crippen molar-refractivity contribution in [2.24, 2.45) is 0 Å². The van der Waals surface area contributed by atoms with Crippen LogP contribution in [0.2, 0.25) is 0 Å². The number of aromatic nitrogens is 2. The Kier molecular flexibility index (Phi) is 6.11. The number of nitrogens with one attached hydrogen (secondary N) is 1. The predicted octanol–water partition coefficient (Wildman–Crippen LogP) is 1.98. The van der Waals surface area contributed by atoms with Crippen LogP contribution in [0.4, 0.5) is 0 Å². The molecular weight excluding hydrogens is 202 g/mol. The number of nitrogens with zero attached hydrogens (tertiary/aromatic N) is 2. The van der Waals surface area contributed by atoms with Crippen LogP contribution >= 0.6 is 0 Å². The van der Waals surface area contributed by atoms with Gasteiger partial charge in [-0.2, -0.15) is 5.10 Å². The summed E-state index contributed by atoms with van der Waals surface area (Å²) in [5.74, 6) is 0. The van der Waals surface area contributed by atoms with Gasteiger partial charge in [-0.25, -0.2) is 0 Å². The van der Waals surface area contributed by atoms with Crippen molar-refractivity contribution >= 4 is 0 Å². The quantitative estimate of drug-likeness (QED) is 0.688. The number of methoxy groups -OCH3 is 1. The van der Waals surface area contributed by atoms with E-state index in [4.69, 9.17) is 4.74 Å². The van der Waals surface area contributed by atoms with Crippen molar-refractivity contribution in [3.63, 3.8) is 0 Å². The maximum atomic E-state index is 5.02. The Labute approximate surface area is 98.0 Å². The molecule has 0 amide bonds. The van der Waals surface area contributed by atoms with Crippen molar-refractivity contribution in [3.05, 3.63) is 18.0 Å². The number of hydrogen-bond donors (Lipinski definition) is 1. The topological polar surface area (TPSA) is 39.1 Å². The van der Waals surface area contributed by atoms with E-state index in [1.165, 1.54) is 5.56 Å². The molecule has 0 saturated carbocycles. The number of unbranched alkanes of at least 4 members (excludes halogenated alkanes) is 1. The molecule has 1 heterocycles. The van der Waals surface area contributed by atoms with Crippen molar-refractivity contribution in [2.75, 3.05) is 20.3 Å². The molecule has 0 aliphatic heterocycles. The van der Waals surface area contributed by atoms with E-state index in [9.17, 15) is 0 Å². The summed E-state index contributed by atoms with van der Waals surface area (Å²) in [4.78, 5) is 0. The van der Waals surface area contributed by atoms with Crippen LogP contribution in [0.25, 0.3) is 0 Å². The first-order chi connectivity index (χ1) is 7.77. The lowest BCUT2D eigenvalue weighted by Crippen LogP contribution is -2.17. The summed E-state index contributed by atoms with van der Waals surface area (Å²) in [6, 6.07) is 0.387. The van der Waals surface area contributed by atoms with Gasteiger partial charge in [-0.05, 0) is 26.3 Å². The monoisotopic (exact) mass is 225 g/mol. The van der Waals surface area contributed by atoms with E-state index in [0.717, 1.165) is 32.5 Å². The fourth-order valence-corrected chi connectivity index (χ4v) is 1.67. The van der Waals surface area contributed by atoms with Gasteiger partial charge < -0.3 is 10.1 Å². The molecule has 4 heteroatoms. The van der Waals surface area contributed by atoms with Crippen molar-refractivity contribution in [2.45, 2.75) is 39.3 Å². The molecule has 1 N–H and O–H groups in total. The van der Waals surface area contributed by atoms with Gasteiger partial charge >= 0.3 is 0 Å². The highest BCUT2D eigenvalue weighted by Crippen LogP contribution is 2.10. The molecule has 16 heavy (non-hydrogen) atoms. The maximum Gasteiger partial charge on any atom is 0.0537 e. The van der Waals surface area contributed by atoms with Gasteiger partial charge in [0.05, 0.1) is 6.20 Å². The zero-order chi connectivity index (χ0) is 11.8. The Hall–Kier alpha value is -0.870. The maximum absolute atomic E-state index is 5.02. The van der Waals surface area contributed by atoms with E-state index in [0.29, 0.717) is 6.04 Å². The molecule has 4 nitrogen and oxygen atoms in total. The fraction of sp³-hybridized carbons (Fsp3) is 0.750. The molecule has 1 aromatic rings. The summed E-state index contributed by atoms with van der Waals surface area (Å²) in [7, 11) is 1.74. The van der Waals surface area contributed by atoms with Gasteiger partial charge in [-0.3, -0.25) is 4.68 Å². The molecule has 0 saturated heterocycles. The second-order valence-corrected chi connectivity index (χ2v) is 4.02. The second kappa shape index (κ2) is 7.41. The van der Waals surface area contributed by atoms with E-state index < -0.39 is 0 Å². The minimum atomic E-state index is 0.387. The van der Waals surface area contributed by atoms with Gasteiger partial charge in [-0.15, -0.1) is 0 Å². The highest BCUT2D eigenvalue weighted by molar-refractivity contribution is 5.08. The first-order valence-electron chi connectivity index (χ1n) is 6.02. The molecular formula is C12H23N3O. The third kappa shape index (κ3) is 4.33. The SMILES string of the molecule is CCNC(C)c1cnn(CCCCOC)c1. The first kappa shape index (κ1) is 13.2. The Morgan fingerprint density at radius 2 is 2.31 bits per heavy atom. The van der Waals surface area contributed by atoms with E-state index in [-0.39, 0.29) is 0 Å². The van der Waals surface area contributed by atoms with E-state index in [1.807, 2.05) is 10.9 Å². The van der Waals surface area contributed by atoms with Crippen molar-refractivity contribution < 1.29 is 4.74 Å². The summed E-state index contributed by atoms with van der Waals surface area (Å²) in [5, 5.41) is 7.73. The highest BCUT2D eigenvalue weighted by atomic mass is 16.5. The number of rotatable bonds is 8. The zero-order valence-electron chi connectivity index (χ0n) is 10.6. The Morgan fingerprint density at radius 1 is 1.50 bits per heavy atom. The molecule has 0 aliphatic rings. The summed E-state index contributed by atoms with van der Waals surface area (Å²) in [6.45, 7) is 7.08. The highest BCUT2D eigenvalue weighted by Gasteiger charge is 2.05. The van der Waals surface area contributed by atoms with Crippen LogP contribution in [0.15, 0.2) is 12.4 Å². The van der Waals surface area contributed by atoms with E-state index in [2.05, 4.69) is 30.5 Å². The molecule has 1 aromatic heterocycles. The number of hydrogen-bond acceptors (Lipinski definition) is 3. The van der Waals surface area contributed by atoms with Crippen molar-refractivity contribution in [1.29, 1.82) is 0 Å². The van der Waals surface area contributed by atoms with Gasteiger partial charge in [0, 0.05) is 38.1 Å². The first-order valence-corrected chi connectivity index (χ1v) is 6.02.